The molecule has 1 aliphatic carbocycles. The van der Waals surface area contributed by atoms with Gasteiger partial charge in [0.15, 0.2) is 6.39 Å². The van der Waals surface area contributed by atoms with Crippen LogP contribution in [-0.2, 0) is 6.42 Å². The van der Waals surface area contributed by atoms with Crippen molar-refractivity contribution in [1.29, 1.82) is 0 Å². The number of aryl methyl sites for hydroxylation is 1. The Hall–Kier alpha value is -2.54. The van der Waals surface area contributed by atoms with Crippen molar-refractivity contribution in [1.82, 2.24) is 20.5 Å². The van der Waals surface area contributed by atoms with Gasteiger partial charge in [0, 0.05) is 28.4 Å². The van der Waals surface area contributed by atoms with Crippen LogP contribution in [0.1, 0.15) is 44.8 Å². The zero-order valence-electron chi connectivity index (χ0n) is 13.6. The quantitative estimate of drug-likeness (QED) is 0.868. The van der Waals surface area contributed by atoms with Crippen molar-refractivity contribution in [3.8, 4) is 0 Å². The maximum absolute atomic E-state index is 13.0. The molecule has 7 heteroatoms. The summed E-state index contributed by atoms with van der Waals surface area (Å²) in [7, 11) is 0. The molecule has 1 atom stereocenters. The lowest BCUT2D eigenvalue weighted by Gasteiger charge is -2.35. The lowest BCUT2D eigenvalue weighted by molar-refractivity contribution is 0.0658. The first-order valence-corrected chi connectivity index (χ1v) is 9.32. The average Bonchev–Trinajstić information content (AvgIpc) is 3.39. The number of oxazole rings is 1. The third kappa shape index (κ3) is 2.38. The standard InChI is InChI=1S/C18H18N4O2S/c23-18(13-8-19-10-24-13)22-6-5-12-16(21-9-20-12)17(22)15-7-11-3-1-2-4-14(11)25-15/h1,3,7-8,10,17,20-21H,2,4-6,9H2. The number of thiophene rings is 1. The number of nitrogens with zero attached hydrogens (tertiary/aromatic N) is 2. The zero-order chi connectivity index (χ0) is 16.8. The van der Waals surface area contributed by atoms with Gasteiger partial charge in [-0.1, -0.05) is 12.2 Å². The van der Waals surface area contributed by atoms with E-state index in [1.807, 2.05) is 16.2 Å². The van der Waals surface area contributed by atoms with Crippen LogP contribution < -0.4 is 10.6 Å². The van der Waals surface area contributed by atoms with Gasteiger partial charge in [0.2, 0.25) is 5.76 Å². The molecule has 128 valence electrons. The summed E-state index contributed by atoms with van der Waals surface area (Å²) < 4.78 is 5.26. The van der Waals surface area contributed by atoms with E-state index in [4.69, 9.17) is 4.42 Å². The van der Waals surface area contributed by atoms with E-state index >= 15 is 0 Å². The van der Waals surface area contributed by atoms with Gasteiger partial charge in [0.05, 0.1) is 18.6 Å². The van der Waals surface area contributed by atoms with E-state index in [2.05, 4.69) is 33.8 Å². The van der Waals surface area contributed by atoms with Crippen LogP contribution in [0.4, 0.5) is 0 Å². The highest BCUT2D eigenvalue weighted by Crippen LogP contribution is 2.41. The van der Waals surface area contributed by atoms with Crippen LogP contribution >= 0.6 is 11.3 Å². The summed E-state index contributed by atoms with van der Waals surface area (Å²) in [5.41, 5.74) is 3.62. The van der Waals surface area contributed by atoms with Gasteiger partial charge >= 0.3 is 0 Å². The molecule has 5 rings (SSSR count). The van der Waals surface area contributed by atoms with E-state index in [1.165, 1.54) is 33.6 Å². The molecule has 0 saturated carbocycles. The summed E-state index contributed by atoms with van der Waals surface area (Å²) in [4.78, 5) is 21.4. The maximum atomic E-state index is 13.0. The number of rotatable bonds is 2. The lowest BCUT2D eigenvalue weighted by atomic mass is 10.00. The number of hydrogen-bond donors (Lipinski definition) is 2. The monoisotopic (exact) mass is 354 g/mol. The molecule has 2 aromatic heterocycles. The van der Waals surface area contributed by atoms with Gasteiger partial charge in [-0.3, -0.25) is 4.79 Å². The van der Waals surface area contributed by atoms with Crippen LogP contribution in [0.25, 0.3) is 6.08 Å². The Morgan fingerprint density at radius 2 is 2.32 bits per heavy atom. The number of fused-ring (bicyclic) bond motifs is 1. The van der Waals surface area contributed by atoms with E-state index < -0.39 is 0 Å². The summed E-state index contributed by atoms with van der Waals surface area (Å²) in [5, 5.41) is 6.83. The van der Waals surface area contributed by atoms with Crippen molar-refractivity contribution in [3.05, 3.63) is 57.2 Å². The first-order valence-electron chi connectivity index (χ1n) is 8.50. The molecule has 0 fully saturated rings. The number of carbonyl (C=O) groups excluding carboxylic acids is 1. The predicted molar refractivity (Wildman–Crippen MR) is 94.7 cm³/mol. The Morgan fingerprint density at radius 3 is 3.16 bits per heavy atom. The number of hydrogen-bond acceptors (Lipinski definition) is 6. The fraction of sp³-hybridized carbons (Fsp3) is 0.333. The summed E-state index contributed by atoms with van der Waals surface area (Å²) >= 11 is 1.82. The number of carbonyl (C=O) groups is 1. The number of nitrogens with one attached hydrogen (secondary N) is 2. The summed E-state index contributed by atoms with van der Waals surface area (Å²) in [6.45, 7) is 1.38. The largest absolute Gasteiger partial charge is 0.438 e. The van der Waals surface area contributed by atoms with Crippen molar-refractivity contribution in [2.45, 2.75) is 25.3 Å². The first kappa shape index (κ1) is 14.8. The molecule has 2 N–H and O–H groups in total. The molecule has 0 bridgehead atoms. The van der Waals surface area contributed by atoms with Gasteiger partial charge in [-0.2, -0.15) is 0 Å². The molecular weight excluding hydrogens is 336 g/mol. The van der Waals surface area contributed by atoms with Gasteiger partial charge in [-0.05, 0) is 24.5 Å². The molecule has 4 heterocycles. The van der Waals surface area contributed by atoms with Gasteiger partial charge in [0.1, 0.15) is 6.04 Å². The van der Waals surface area contributed by atoms with E-state index in [1.54, 1.807) is 0 Å². The van der Waals surface area contributed by atoms with Crippen molar-refractivity contribution < 1.29 is 9.21 Å². The molecule has 0 saturated heterocycles. The minimum absolute atomic E-state index is 0.0969. The highest BCUT2D eigenvalue weighted by Gasteiger charge is 2.38. The molecule has 3 aliphatic rings. The van der Waals surface area contributed by atoms with Crippen LogP contribution in [0.15, 0.2) is 40.5 Å². The van der Waals surface area contributed by atoms with Crippen molar-refractivity contribution in [2.75, 3.05) is 13.2 Å². The molecule has 1 unspecified atom stereocenters. The highest BCUT2D eigenvalue weighted by atomic mass is 32.1. The summed E-state index contributed by atoms with van der Waals surface area (Å²) in [6.07, 6.45) is 10.2. The molecular formula is C18H18N4O2S. The molecule has 6 nitrogen and oxygen atoms in total. The fourth-order valence-electron chi connectivity index (χ4n) is 3.79. The van der Waals surface area contributed by atoms with Crippen molar-refractivity contribution >= 4 is 23.3 Å². The second-order valence-corrected chi connectivity index (χ2v) is 7.58. The Bertz CT molecular complexity index is 881. The van der Waals surface area contributed by atoms with Gasteiger partial charge in [-0.15, -0.1) is 11.3 Å². The summed E-state index contributed by atoms with van der Waals surface area (Å²) in [5.74, 6) is 0.186. The molecule has 0 spiro atoms. The average molecular weight is 354 g/mol. The zero-order valence-corrected chi connectivity index (χ0v) is 14.4. The minimum Gasteiger partial charge on any atom is -0.438 e. The number of amides is 1. The smallest absolute Gasteiger partial charge is 0.292 e. The third-order valence-corrected chi connectivity index (χ3v) is 6.23. The van der Waals surface area contributed by atoms with E-state index in [0.717, 1.165) is 31.6 Å². The Morgan fingerprint density at radius 1 is 1.36 bits per heavy atom. The maximum Gasteiger partial charge on any atom is 0.292 e. The van der Waals surface area contributed by atoms with Crippen LogP contribution in [-0.4, -0.2) is 29.0 Å². The molecule has 2 aromatic rings. The van der Waals surface area contributed by atoms with Crippen LogP contribution in [0.5, 0.6) is 0 Å². The van der Waals surface area contributed by atoms with E-state index in [9.17, 15) is 4.79 Å². The molecule has 2 aliphatic heterocycles. The minimum atomic E-state index is -0.107. The van der Waals surface area contributed by atoms with Crippen molar-refractivity contribution in [2.24, 2.45) is 0 Å². The van der Waals surface area contributed by atoms with Crippen LogP contribution in [0, 0.1) is 0 Å². The van der Waals surface area contributed by atoms with E-state index in [-0.39, 0.29) is 11.9 Å². The second kappa shape index (κ2) is 5.77. The first-order chi connectivity index (χ1) is 12.3. The highest BCUT2D eigenvalue weighted by molar-refractivity contribution is 7.12. The van der Waals surface area contributed by atoms with Gasteiger partial charge in [0.25, 0.3) is 5.91 Å². The SMILES string of the molecule is O=C(c1cnco1)N1CCC2=C(NCN2)C1c1cc2c(s1)CCC=C2. The normalized spacial score (nSPS) is 21.6. The lowest BCUT2D eigenvalue weighted by Crippen LogP contribution is -2.41. The predicted octanol–water partition coefficient (Wildman–Crippen LogP) is 2.64. The van der Waals surface area contributed by atoms with Crippen molar-refractivity contribution in [3.63, 3.8) is 0 Å². The van der Waals surface area contributed by atoms with Crippen LogP contribution in [0.2, 0.25) is 0 Å². The summed E-state index contributed by atoms with van der Waals surface area (Å²) in [6, 6.07) is 2.14. The topological polar surface area (TPSA) is 70.4 Å². The molecule has 0 radical (unpaired) electrons. The third-order valence-electron chi connectivity index (χ3n) is 4.96. The Balaban J connectivity index is 1.58. The second-order valence-electron chi connectivity index (χ2n) is 6.41. The number of aromatic nitrogens is 1. The fourth-order valence-corrected chi connectivity index (χ4v) is 5.08. The molecule has 1 amide bonds. The Kier molecular flexibility index (Phi) is 3.41. The molecule has 0 aromatic carbocycles. The number of allylic oxidation sites excluding steroid dienone is 1. The van der Waals surface area contributed by atoms with Gasteiger partial charge in [-0.25, -0.2) is 4.98 Å². The Labute approximate surface area is 149 Å². The van der Waals surface area contributed by atoms with E-state index in [0.29, 0.717) is 12.3 Å². The van der Waals surface area contributed by atoms with Crippen LogP contribution in [0.3, 0.4) is 0 Å². The van der Waals surface area contributed by atoms with Gasteiger partial charge < -0.3 is 20.0 Å². The molecule has 25 heavy (non-hydrogen) atoms.